The summed E-state index contributed by atoms with van der Waals surface area (Å²) in [6, 6.07) is 7.06. The van der Waals surface area contributed by atoms with Crippen molar-refractivity contribution in [3.8, 4) is 17.0 Å². The lowest BCUT2D eigenvalue weighted by Gasteiger charge is -2.01. The van der Waals surface area contributed by atoms with E-state index in [9.17, 15) is 9.59 Å². The van der Waals surface area contributed by atoms with Crippen LogP contribution in [0.3, 0.4) is 0 Å². The molecular weight excluding hydrogens is 392 g/mol. The van der Waals surface area contributed by atoms with Crippen LogP contribution in [0.15, 0.2) is 40.1 Å². The van der Waals surface area contributed by atoms with Gasteiger partial charge in [0.1, 0.15) is 5.75 Å². The third-order valence-corrected chi connectivity index (χ3v) is 2.82. The maximum Gasteiger partial charge on any atom is 0.280 e. The number of hydrogen-bond acceptors (Lipinski definition) is 5. The number of benzene rings is 1. The fourth-order valence-corrected chi connectivity index (χ4v) is 1.96. The number of halogens is 2. The molecule has 0 aromatic heterocycles. The first kappa shape index (κ1) is 16.5. The molecule has 1 aromatic rings. The second kappa shape index (κ2) is 6.23. The largest absolute Gasteiger partial charge is 0.497 e. The van der Waals surface area contributed by atoms with Crippen molar-refractivity contribution in [2.75, 3.05) is 7.11 Å². The monoisotopic (exact) mass is 400 g/mol. The quantitative estimate of drug-likeness (QED) is 0.652. The highest BCUT2D eigenvalue weighted by Gasteiger charge is 2.13. The Labute approximate surface area is 134 Å². The number of aromatic nitrogens is 2. The van der Waals surface area contributed by atoms with Crippen LogP contribution in [-0.4, -0.2) is 17.1 Å². The average molecular weight is 402 g/mol. The van der Waals surface area contributed by atoms with Crippen molar-refractivity contribution in [3.05, 3.63) is 61.6 Å². The summed E-state index contributed by atoms with van der Waals surface area (Å²) < 4.78 is 5.11. The van der Waals surface area contributed by atoms with E-state index in [2.05, 4.69) is 9.97 Å². The Bertz CT molecular complexity index is 870. The molecule has 1 aromatic carbocycles. The fourth-order valence-electron chi connectivity index (χ4n) is 1.96. The molecule has 2 aliphatic heterocycles. The fraction of sp³-hybridized carbons (Fsp3) is 0.0769. The van der Waals surface area contributed by atoms with E-state index >= 15 is 0 Å². The molecule has 0 atom stereocenters. The van der Waals surface area contributed by atoms with Crippen molar-refractivity contribution in [2.45, 2.75) is 0 Å². The number of rotatable bonds is 2. The van der Waals surface area contributed by atoms with Crippen LogP contribution in [0.1, 0.15) is 0 Å². The van der Waals surface area contributed by atoms with Crippen LogP contribution in [0.25, 0.3) is 11.3 Å². The summed E-state index contributed by atoms with van der Waals surface area (Å²) in [5.41, 5.74) is 0.206. The minimum absolute atomic E-state index is 0. The summed E-state index contributed by atoms with van der Waals surface area (Å²) in [4.78, 5) is 30.8. The van der Waals surface area contributed by atoms with Crippen molar-refractivity contribution in [1.29, 1.82) is 0 Å². The highest BCUT2D eigenvalue weighted by Crippen LogP contribution is 2.22. The van der Waals surface area contributed by atoms with E-state index in [4.69, 9.17) is 4.74 Å². The molecule has 3 rings (SSSR count). The summed E-state index contributed by atoms with van der Waals surface area (Å²) in [6.07, 6.45) is 1.27. The van der Waals surface area contributed by atoms with Gasteiger partial charge in [-0.15, -0.1) is 34.0 Å². The first-order chi connectivity index (χ1) is 8.70. The summed E-state index contributed by atoms with van der Waals surface area (Å²) >= 11 is 0. The molecule has 7 heteroatoms. The lowest BCUT2D eigenvalue weighted by molar-refractivity contribution is 0.415. The molecule has 2 heterocycles. The second-order valence-electron chi connectivity index (χ2n) is 3.85. The van der Waals surface area contributed by atoms with Gasteiger partial charge in [-0.2, -0.15) is 0 Å². The molecular formula is C13H10Br2N2O3. The van der Waals surface area contributed by atoms with Gasteiger partial charge in [0.05, 0.1) is 23.2 Å². The molecule has 0 amide bonds. The molecule has 20 heavy (non-hydrogen) atoms. The number of hydrogen-bond donors (Lipinski definition) is 0. The van der Waals surface area contributed by atoms with Gasteiger partial charge in [0.25, 0.3) is 11.1 Å². The van der Waals surface area contributed by atoms with Gasteiger partial charge in [0, 0.05) is 11.8 Å². The van der Waals surface area contributed by atoms with Crippen molar-refractivity contribution < 1.29 is 4.74 Å². The standard InChI is InChI=1S/C13H8N2O3.2BrH/c1-18-8-4-2-3-7(5-8)11-10-9(12(16)15-11)6-14-13(10)17;;/h2-6H,1H3;2*1H. The SMILES string of the molecule is Br.Br.COc1cccc(-c2nc(=O)c3cnc(=O)c2=3)c1. The molecule has 0 spiro atoms. The van der Waals surface area contributed by atoms with Crippen LogP contribution in [0.4, 0.5) is 0 Å². The molecule has 0 bridgehead atoms. The number of ether oxygens (including phenoxy) is 1. The predicted octanol–water partition coefficient (Wildman–Crippen LogP) is 1.63. The van der Waals surface area contributed by atoms with Crippen LogP contribution in [0, 0.1) is 10.4 Å². The second-order valence-corrected chi connectivity index (χ2v) is 3.85. The zero-order valence-electron chi connectivity index (χ0n) is 10.3. The van der Waals surface area contributed by atoms with Gasteiger partial charge >= 0.3 is 0 Å². The van der Waals surface area contributed by atoms with Gasteiger partial charge in [-0.3, -0.25) is 9.59 Å². The molecule has 5 nitrogen and oxygen atoms in total. The van der Waals surface area contributed by atoms with E-state index in [1.54, 1.807) is 31.4 Å². The maximum atomic E-state index is 11.6. The van der Waals surface area contributed by atoms with Crippen LogP contribution in [0.2, 0.25) is 0 Å². The first-order valence-electron chi connectivity index (χ1n) is 5.31. The van der Waals surface area contributed by atoms with Gasteiger partial charge in [-0.1, -0.05) is 12.1 Å². The van der Waals surface area contributed by atoms with E-state index in [1.165, 1.54) is 6.20 Å². The van der Waals surface area contributed by atoms with E-state index in [0.717, 1.165) is 0 Å². The van der Waals surface area contributed by atoms with Crippen molar-refractivity contribution >= 4 is 34.0 Å². The summed E-state index contributed by atoms with van der Waals surface area (Å²) in [6.45, 7) is 0. The van der Waals surface area contributed by atoms with Crippen LogP contribution in [-0.2, 0) is 0 Å². The Morgan fingerprint density at radius 1 is 1.10 bits per heavy atom. The third-order valence-electron chi connectivity index (χ3n) is 2.82. The maximum absolute atomic E-state index is 11.6. The van der Waals surface area contributed by atoms with Crippen LogP contribution < -0.4 is 15.9 Å². The van der Waals surface area contributed by atoms with Crippen molar-refractivity contribution in [3.63, 3.8) is 0 Å². The Morgan fingerprint density at radius 2 is 1.85 bits per heavy atom. The molecule has 0 radical (unpaired) electrons. The highest BCUT2D eigenvalue weighted by molar-refractivity contribution is 8.93. The predicted molar refractivity (Wildman–Crippen MR) is 84.9 cm³/mol. The molecule has 104 valence electrons. The van der Waals surface area contributed by atoms with E-state index < -0.39 is 11.1 Å². The molecule has 0 saturated heterocycles. The average Bonchev–Trinajstić information content (AvgIpc) is 2.92. The van der Waals surface area contributed by atoms with E-state index in [1.807, 2.05) is 0 Å². The third kappa shape index (κ3) is 2.51. The van der Waals surface area contributed by atoms with E-state index in [0.29, 0.717) is 17.0 Å². The first-order valence-corrected chi connectivity index (χ1v) is 5.31. The minimum atomic E-state index is -0.419. The summed E-state index contributed by atoms with van der Waals surface area (Å²) in [5, 5.41) is 0.561. The van der Waals surface area contributed by atoms with Crippen LogP contribution in [0.5, 0.6) is 5.75 Å². The zero-order chi connectivity index (χ0) is 12.7. The molecule has 0 fully saturated rings. The van der Waals surface area contributed by atoms with Crippen molar-refractivity contribution in [1.82, 2.24) is 9.97 Å². The topological polar surface area (TPSA) is 69.2 Å². The number of nitrogens with zero attached hydrogens (tertiary/aromatic N) is 2. The van der Waals surface area contributed by atoms with Crippen LogP contribution >= 0.6 is 34.0 Å². The molecule has 0 unspecified atom stereocenters. The Balaban J connectivity index is 0.000001000. The Hall–Kier alpha value is -1.60. The van der Waals surface area contributed by atoms with E-state index in [-0.39, 0.29) is 44.4 Å². The molecule has 2 aliphatic rings. The van der Waals surface area contributed by atoms with Gasteiger partial charge in [0.15, 0.2) is 0 Å². The lowest BCUT2D eigenvalue weighted by Crippen LogP contribution is -2.02. The molecule has 0 saturated carbocycles. The Morgan fingerprint density at radius 3 is 2.55 bits per heavy atom. The minimum Gasteiger partial charge on any atom is -0.497 e. The van der Waals surface area contributed by atoms with Gasteiger partial charge < -0.3 is 4.74 Å². The number of methoxy groups -OCH3 is 1. The highest BCUT2D eigenvalue weighted by atomic mass is 79.9. The Kier molecular flexibility index (Phi) is 5.13. The van der Waals surface area contributed by atoms with Gasteiger partial charge in [-0.05, 0) is 12.1 Å². The van der Waals surface area contributed by atoms with Crippen molar-refractivity contribution in [2.24, 2.45) is 0 Å². The summed E-state index contributed by atoms with van der Waals surface area (Å²) in [5.74, 6) is 0.642. The lowest BCUT2D eigenvalue weighted by atomic mass is 10.1. The molecule has 0 N–H and O–H groups in total. The zero-order valence-corrected chi connectivity index (χ0v) is 13.7. The van der Waals surface area contributed by atoms with Gasteiger partial charge in [0.2, 0.25) is 0 Å². The molecule has 0 aliphatic carbocycles. The van der Waals surface area contributed by atoms with Gasteiger partial charge in [-0.25, -0.2) is 9.97 Å². The smallest absolute Gasteiger partial charge is 0.280 e. The normalized spacial score (nSPS) is 9.85. The summed E-state index contributed by atoms with van der Waals surface area (Å²) in [7, 11) is 1.55.